The standard InChI is InChI=1S/C31H19N3O/c1-4-12-24-19(9-1)21-17-18-22-20-10-2-6-14-26(20)34(30(22)29(21)32-24)27-15-7-3-11-23(27)31-33-25-13-5-8-16-28(25)35-31/h1-18,32H. The molecule has 0 aliphatic carbocycles. The lowest BCUT2D eigenvalue weighted by atomic mass is 10.1. The number of nitrogens with one attached hydrogen (secondary N) is 1. The Hall–Kier alpha value is -4.83. The van der Waals surface area contributed by atoms with Crippen LogP contribution in [-0.4, -0.2) is 14.5 Å². The van der Waals surface area contributed by atoms with Crippen LogP contribution in [0.15, 0.2) is 114 Å². The average Bonchev–Trinajstić information content (AvgIpc) is 3.60. The molecule has 0 spiro atoms. The predicted octanol–water partition coefficient (Wildman–Crippen LogP) is 8.23. The van der Waals surface area contributed by atoms with Gasteiger partial charge in [-0.2, -0.15) is 0 Å². The lowest BCUT2D eigenvalue weighted by molar-refractivity contribution is 0.619. The van der Waals surface area contributed by atoms with Crippen molar-refractivity contribution in [3.8, 4) is 17.1 Å². The zero-order chi connectivity index (χ0) is 22.9. The minimum atomic E-state index is 0.622. The Kier molecular flexibility index (Phi) is 3.63. The van der Waals surface area contributed by atoms with Crippen molar-refractivity contribution >= 4 is 54.7 Å². The number of rotatable bonds is 2. The van der Waals surface area contributed by atoms with Crippen molar-refractivity contribution in [2.45, 2.75) is 0 Å². The summed E-state index contributed by atoms with van der Waals surface area (Å²) in [5.41, 5.74) is 8.22. The highest BCUT2D eigenvalue weighted by molar-refractivity contribution is 6.22. The fourth-order valence-electron chi connectivity index (χ4n) is 5.46. The third kappa shape index (κ3) is 2.53. The lowest BCUT2D eigenvalue weighted by Crippen LogP contribution is -1.97. The second-order valence-electron chi connectivity index (χ2n) is 8.91. The quantitative estimate of drug-likeness (QED) is 0.289. The maximum atomic E-state index is 6.22. The van der Waals surface area contributed by atoms with Gasteiger partial charge in [-0.3, -0.25) is 0 Å². The van der Waals surface area contributed by atoms with Gasteiger partial charge in [0.2, 0.25) is 5.89 Å². The molecule has 0 unspecified atom stereocenters. The maximum Gasteiger partial charge on any atom is 0.229 e. The van der Waals surface area contributed by atoms with Gasteiger partial charge in [0, 0.05) is 27.1 Å². The molecule has 4 heteroatoms. The first-order valence-corrected chi connectivity index (χ1v) is 11.7. The van der Waals surface area contributed by atoms with Crippen LogP contribution in [0.2, 0.25) is 0 Å². The molecule has 5 aromatic carbocycles. The number of aromatic amines is 1. The molecule has 0 fully saturated rings. The highest BCUT2D eigenvalue weighted by Crippen LogP contribution is 2.40. The van der Waals surface area contributed by atoms with E-state index in [9.17, 15) is 0 Å². The van der Waals surface area contributed by atoms with Crippen LogP contribution >= 0.6 is 0 Å². The van der Waals surface area contributed by atoms with E-state index >= 15 is 0 Å². The van der Waals surface area contributed by atoms with E-state index in [-0.39, 0.29) is 0 Å². The highest BCUT2D eigenvalue weighted by atomic mass is 16.3. The Morgan fingerprint density at radius 3 is 2.31 bits per heavy atom. The fourth-order valence-corrected chi connectivity index (χ4v) is 5.46. The van der Waals surface area contributed by atoms with Crippen LogP contribution in [0.1, 0.15) is 0 Å². The smallest absolute Gasteiger partial charge is 0.229 e. The van der Waals surface area contributed by atoms with Crippen molar-refractivity contribution in [2.75, 3.05) is 0 Å². The van der Waals surface area contributed by atoms with Crippen molar-refractivity contribution in [1.82, 2.24) is 14.5 Å². The minimum absolute atomic E-state index is 0.622. The molecule has 0 radical (unpaired) electrons. The molecule has 0 aliphatic rings. The molecule has 0 bridgehead atoms. The summed E-state index contributed by atoms with van der Waals surface area (Å²) in [5, 5.41) is 4.88. The molecule has 8 rings (SSSR count). The number of benzene rings is 5. The number of H-pyrrole nitrogens is 1. The van der Waals surface area contributed by atoms with Gasteiger partial charge in [-0.15, -0.1) is 0 Å². The summed E-state index contributed by atoms with van der Waals surface area (Å²) in [6.07, 6.45) is 0. The predicted molar refractivity (Wildman–Crippen MR) is 143 cm³/mol. The normalized spacial score (nSPS) is 12.0. The van der Waals surface area contributed by atoms with Crippen LogP contribution in [-0.2, 0) is 0 Å². The van der Waals surface area contributed by atoms with Crippen LogP contribution in [0.25, 0.3) is 71.9 Å². The van der Waals surface area contributed by atoms with Gasteiger partial charge >= 0.3 is 0 Å². The van der Waals surface area contributed by atoms with Crippen molar-refractivity contribution in [3.63, 3.8) is 0 Å². The topological polar surface area (TPSA) is 46.8 Å². The zero-order valence-corrected chi connectivity index (χ0v) is 18.7. The van der Waals surface area contributed by atoms with Gasteiger partial charge in [0.1, 0.15) is 5.52 Å². The molecule has 164 valence electrons. The number of para-hydroxylation sites is 5. The van der Waals surface area contributed by atoms with E-state index in [1.807, 2.05) is 30.3 Å². The number of hydrogen-bond acceptors (Lipinski definition) is 2. The first kappa shape index (κ1) is 18.6. The molecule has 0 saturated carbocycles. The van der Waals surface area contributed by atoms with Gasteiger partial charge in [0.25, 0.3) is 0 Å². The molecular weight excluding hydrogens is 430 g/mol. The van der Waals surface area contributed by atoms with E-state index in [0.29, 0.717) is 5.89 Å². The van der Waals surface area contributed by atoms with Crippen molar-refractivity contribution in [3.05, 3.63) is 109 Å². The van der Waals surface area contributed by atoms with E-state index in [0.717, 1.165) is 44.4 Å². The Balaban J connectivity index is 1.54. The van der Waals surface area contributed by atoms with E-state index in [1.165, 1.54) is 21.5 Å². The molecule has 0 amide bonds. The van der Waals surface area contributed by atoms with Gasteiger partial charge in [0.05, 0.1) is 27.8 Å². The van der Waals surface area contributed by atoms with E-state index in [2.05, 4.69) is 88.4 Å². The fraction of sp³-hybridized carbons (Fsp3) is 0. The number of hydrogen-bond donors (Lipinski definition) is 1. The van der Waals surface area contributed by atoms with Crippen molar-refractivity contribution in [1.29, 1.82) is 0 Å². The van der Waals surface area contributed by atoms with E-state index in [4.69, 9.17) is 9.40 Å². The van der Waals surface area contributed by atoms with Crippen LogP contribution in [0.5, 0.6) is 0 Å². The number of nitrogens with zero attached hydrogens (tertiary/aromatic N) is 2. The molecule has 8 aromatic rings. The highest BCUT2D eigenvalue weighted by Gasteiger charge is 2.20. The Morgan fingerprint density at radius 1 is 0.629 bits per heavy atom. The monoisotopic (exact) mass is 449 g/mol. The molecule has 35 heavy (non-hydrogen) atoms. The minimum Gasteiger partial charge on any atom is -0.436 e. The molecule has 0 saturated heterocycles. The second-order valence-corrected chi connectivity index (χ2v) is 8.91. The molecule has 4 nitrogen and oxygen atoms in total. The summed E-state index contributed by atoms with van der Waals surface area (Å²) in [7, 11) is 0. The molecule has 3 aromatic heterocycles. The first-order chi connectivity index (χ1) is 17.4. The zero-order valence-electron chi connectivity index (χ0n) is 18.7. The molecule has 3 heterocycles. The van der Waals surface area contributed by atoms with Gasteiger partial charge in [0.15, 0.2) is 5.58 Å². The number of oxazole rings is 1. The summed E-state index contributed by atoms with van der Waals surface area (Å²) in [6, 6.07) is 37.8. The number of fused-ring (bicyclic) bond motifs is 8. The summed E-state index contributed by atoms with van der Waals surface area (Å²) in [5.74, 6) is 0.622. The molecule has 0 atom stereocenters. The largest absolute Gasteiger partial charge is 0.436 e. The average molecular weight is 450 g/mol. The Morgan fingerprint density at radius 2 is 1.37 bits per heavy atom. The van der Waals surface area contributed by atoms with Crippen molar-refractivity contribution in [2.24, 2.45) is 0 Å². The van der Waals surface area contributed by atoms with Gasteiger partial charge < -0.3 is 14.0 Å². The van der Waals surface area contributed by atoms with Crippen LogP contribution < -0.4 is 0 Å². The lowest BCUT2D eigenvalue weighted by Gasteiger charge is -2.12. The van der Waals surface area contributed by atoms with Crippen LogP contribution in [0.3, 0.4) is 0 Å². The molecule has 0 aliphatic heterocycles. The van der Waals surface area contributed by atoms with Gasteiger partial charge in [-0.05, 0) is 36.4 Å². The summed E-state index contributed by atoms with van der Waals surface area (Å²) in [6.45, 7) is 0. The van der Waals surface area contributed by atoms with Gasteiger partial charge in [-0.25, -0.2) is 4.98 Å². The van der Waals surface area contributed by atoms with Gasteiger partial charge in [-0.1, -0.05) is 72.8 Å². The van der Waals surface area contributed by atoms with Crippen LogP contribution in [0, 0.1) is 0 Å². The Bertz CT molecular complexity index is 2040. The van der Waals surface area contributed by atoms with E-state index in [1.54, 1.807) is 0 Å². The van der Waals surface area contributed by atoms with Crippen molar-refractivity contribution < 1.29 is 4.42 Å². The van der Waals surface area contributed by atoms with E-state index < -0.39 is 0 Å². The molecular formula is C31H19N3O. The maximum absolute atomic E-state index is 6.22. The SMILES string of the molecule is c1ccc(-n2c3ccccc3c3ccc4c5ccccc5[nH]c4c32)c(-c2nc3ccccc3o2)c1. The third-order valence-electron chi connectivity index (χ3n) is 6.98. The summed E-state index contributed by atoms with van der Waals surface area (Å²) < 4.78 is 8.57. The van der Waals surface area contributed by atoms with Crippen LogP contribution in [0.4, 0.5) is 0 Å². The Labute approximate surface area is 200 Å². The summed E-state index contributed by atoms with van der Waals surface area (Å²) in [4.78, 5) is 8.54. The second kappa shape index (κ2) is 6.84. The summed E-state index contributed by atoms with van der Waals surface area (Å²) >= 11 is 0. The molecule has 1 N–H and O–H groups in total. The first-order valence-electron chi connectivity index (χ1n) is 11.7. The third-order valence-corrected chi connectivity index (χ3v) is 6.98. The number of aromatic nitrogens is 3.